The van der Waals surface area contributed by atoms with E-state index in [1.165, 1.54) is 0 Å². The first kappa shape index (κ1) is 14.5. The zero-order valence-corrected chi connectivity index (χ0v) is 11.0. The normalized spacial score (nSPS) is 24.2. The van der Waals surface area contributed by atoms with Crippen LogP contribution in [-0.4, -0.2) is 36.2 Å². The summed E-state index contributed by atoms with van der Waals surface area (Å²) in [5.41, 5.74) is 0. The molecule has 2 unspecified atom stereocenters. The molecule has 1 aliphatic rings. The first-order chi connectivity index (χ1) is 8.21. The Morgan fingerprint density at radius 3 is 2.65 bits per heavy atom. The van der Waals surface area contributed by atoms with Crippen LogP contribution in [0.15, 0.2) is 0 Å². The van der Waals surface area contributed by atoms with Crippen LogP contribution in [0.1, 0.15) is 46.0 Å². The molecule has 0 saturated heterocycles. The van der Waals surface area contributed by atoms with Gasteiger partial charge in [0.15, 0.2) is 0 Å². The van der Waals surface area contributed by atoms with Crippen LogP contribution in [0.25, 0.3) is 0 Å². The Morgan fingerprint density at radius 1 is 1.35 bits per heavy atom. The summed E-state index contributed by atoms with van der Waals surface area (Å²) in [4.78, 5) is 11.7. The second-order valence-corrected chi connectivity index (χ2v) is 4.94. The minimum atomic E-state index is 0.0716. The van der Waals surface area contributed by atoms with Crippen molar-refractivity contribution < 1.29 is 9.90 Å². The topological polar surface area (TPSA) is 61.4 Å². The van der Waals surface area contributed by atoms with Gasteiger partial charge in [-0.25, -0.2) is 0 Å². The van der Waals surface area contributed by atoms with Crippen LogP contribution in [0, 0.1) is 5.92 Å². The molecule has 0 bridgehead atoms. The van der Waals surface area contributed by atoms with Gasteiger partial charge in [-0.1, -0.05) is 20.3 Å². The summed E-state index contributed by atoms with van der Waals surface area (Å²) < 4.78 is 0. The van der Waals surface area contributed by atoms with Crippen molar-refractivity contribution in [2.45, 2.75) is 58.0 Å². The number of aliphatic hydroxyl groups excluding tert-OH is 1. The maximum Gasteiger partial charge on any atom is 0.234 e. The molecule has 3 N–H and O–H groups in total. The summed E-state index contributed by atoms with van der Waals surface area (Å²) in [6.45, 7) is 4.77. The highest BCUT2D eigenvalue weighted by molar-refractivity contribution is 5.78. The van der Waals surface area contributed by atoms with Gasteiger partial charge in [0, 0.05) is 18.7 Å². The van der Waals surface area contributed by atoms with Crippen LogP contribution in [0.4, 0.5) is 0 Å². The summed E-state index contributed by atoms with van der Waals surface area (Å²) in [6.07, 6.45) is 5.25. The van der Waals surface area contributed by atoms with Crippen molar-refractivity contribution >= 4 is 5.91 Å². The highest BCUT2D eigenvalue weighted by Gasteiger charge is 2.26. The van der Waals surface area contributed by atoms with Crippen molar-refractivity contribution in [2.24, 2.45) is 5.92 Å². The number of amides is 1. The van der Waals surface area contributed by atoms with Gasteiger partial charge in [-0.15, -0.1) is 0 Å². The minimum absolute atomic E-state index is 0.0716. The molecular formula is C13H26N2O2. The number of carbonyl (C=O) groups excluding carboxylic acids is 1. The van der Waals surface area contributed by atoms with E-state index in [4.69, 9.17) is 0 Å². The molecule has 100 valence electrons. The first-order valence-corrected chi connectivity index (χ1v) is 6.84. The number of aliphatic hydroxyl groups is 1. The molecule has 0 aliphatic heterocycles. The van der Waals surface area contributed by atoms with E-state index in [0.29, 0.717) is 24.5 Å². The lowest BCUT2D eigenvalue weighted by atomic mass is 10.1. The Labute approximate surface area is 104 Å². The lowest BCUT2D eigenvalue weighted by Crippen LogP contribution is -2.44. The third-order valence-electron chi connectivity index (χ3n) is 3.77. The molecule has 17 heavy (non-hydrogen) atoms. The van der Waals surface area contributed by atoms with Crippen LogP contribution in [0.3, 0.4) is 0 Å². The van der Waals surface area contributed by atoms with E-state index in [1.54, 1.807) is 0 Å². The van der Waals surface area contributed by atoms with Crippen LogP contribution in [-0.2, 0) is 4.79 Å². The smallest absolute Gasteiger partial charge is 0.234 e. The fraction of sp³-hybridized carbons (Fsp3) is 0.923. The molecule has 0 aromatic carbocycles. The van der Waals surface area contributed by atoms with Crippen LogP contribution >= 0.6 is 0 Å². The largest absolute Gasteiger partial charge is 0.396 e. The third-order valence-corrected chi connectivity index (χ3v) is 3.77. The molecule has 4 nitrogen and oxygen atoms in total. The SMILES string of the molecule is CCC(CC)NC(=O)CNC1CCCC1CO. The van der Waals surface area contributed by atoms with Gasteiger partial charge in [-0.05, 0) is 31.6 Å². The number of hydrogen-bond donors (Lipinski definition) is 3. The molecule has 1 amide bonds. The predicted octanol–water partition coefficient (Wildman–Crippen LogP) is 1.04. The van der Waals surface area contributed by atoms with Gasteiger partial charge in [0.2, 0.25) is 5.91 Å². The van der Waals surface area contributed by atoms with E-state index in [2.05, 4.69) is 24.5 Å². The molecular weight excluding hydrogens is 216 g/mol. The fourth-order valence-electron chi connectivity index (χ4n) is 2.52. The Morgan fingerprint density at radius 2 is 2.06 bits per heavy atom. The molecule has 0 radical (unpaired) electrons. The first-order valence-electron chi connectivity index (χ1n) is 6.84. The van der Waals surface area contributed by atoms with Crippen molar-refractivity contribution in [3.8, 4) is 0 Å². The quantitative estimate of drug-likeness (QED) is 0.625. The second-order valence-electron chi connectivity index (χ2n) is 4.94. The number of hydrogen-bond acceptors (Lipinski definition) is 3. The zero-order chi connectivity index (χ0) is 12.7. The standard InChI is InChI=1S/C13H26N2O2/c1-3-11(4-2)15-13(17)8-14-12-7-5-6-10(12)9-16/h10-12,14,16H,3-9H2,1-2H3,(H,15,17). The van der Waals surface area contributed by atoms with Gasteiger partial charge in [-0.2, -0.15) is 0 Å². The van der Waals surface area contributed by atoms with Gasteiger partial charge in [0.05, 0.1) is 6.54 Å². The Kier molecular flexibility index (Phi) is 6.52. The van der Waals surface area contributed by atoms with Gasteiger partial charge in [-0.3, -0.25) is 4.79 Å². The van der Waals surface area contributed by atoms with E-state index in [1.807, 2.05) is 0 Å². The Balaban J connectivity index is 2.23. The summed E-state index contributed by atoms with van der Waals surface area (Å²) in [6, 6.07) is 0.606. The average molecular weight is 242 g/mol. The molecule has 4 heteroatoms. The molecule has 1 aliphatic carbocycles. The second kappa shape index (κ2) is 7.67. The van der Waals surface area contributed by atoms with E-state index in [-0.39, 0.29) is 12.5 Å². The van der Waals surface area contributed by atoms with Crippen molar-refractivity contribution in [1.29, 1.82) is 0 Å². The molecule has 0 heterocycles. The molecule has 0 aromatic rings. The monoisotopic (exact) mass is 242 g/mol. The van der Waals surface area contributed by atoms with Crippen LogP contribution in [0.2, 0.25) is 0 Å². The van der Waals surface area contributed by atoms with Crippen molar-refractivity contribution in [1.82, 2.24) is 10.6 Å². The minimum Gasteiger partial charge on any atom is -0.396 e. The van der Waals surface area contributed by atoms with Crippen molar-refractivity contribution in [2.75, 3.05) is 13.2 Å². The van der Waals surface area contributed by atoms with Gasteiger partial charge >= 0.3 is 0 Å². The molecule has 1 rings (SSSR count). The lowest BCUT2D eigenvalue weighted by Gasteiger charge is -2.20. The summed E-state index contributed by atoms with van der Waals surface area (Å²) in [7, 11) is 0. The van der Waals surface area contributed by atoms with Gasteiger partial charge in [0.1, 0.15) is 0 Å². The molecule has 0 aromatic heterocycles. The molecule has 1 fully saturated rings. The highest BCUT2D eigenvalue weighted by Crippen LogP contribution is 2.24. The lowest BCUT2D eigenvalue weighted by molar-refractivity contribution is -0.121. The maximum absolute atomic E-state index is 11.7. The number of rotatable bonds is 7. The number of carbonyl (C=O) groups is 1. The summed E-state index contributed by atoms with van der Waals surface area (Å²) in [5.74, 6) is 0.401. The van der Waals surface area contributed by atoms with Crippen LogP contribution in [0.5, 0.6) is 0 Å². The molecule has 1 saturated carbocycles. The molecule has 2 atom stereocenters. The van der Waals surface area contributed by atoms with Gasteiger partial charge in [0.25, 0.3) is 0 Å². The Hall–Kier alpha value is -0.610. The summed E-state index contributed by atoms with van der Waals surface area (Å²) in [5, 5.41) is 15.5. The zero-order valence-electron chi connectivity index (χ0n) is 11.0. The third kappa shape index (κ3) is 4.64. The highest BCUT2D eigenvalue weighted by atomic mass is 16.3. The van der Waals surface area contributed by atoms with E-state index in [0.717, 1.165) is 32.1 Å². The molecule has 0 spiro atoms. The van der Waals surface area contributed by atoms with E-state index in [9.17, 15) is 9.90 Å². The van der Waals surface area contributed by atoms with E-state index >= 15 is 0 Å². The van der Waals surface area contributed by atoms with E-state index < -0.39 is 0 Å². The van der Waals surface area contributed by atoms with Crippen molar-refractivity contribution in [3.05, 3.63) is 0 Å². The average Bonchev–Trinajstić information content (AvgIpc) is 2.80. The predicted molar refractivity (Wildman–Crippen MR) is 68.7 cm³/mol. The maximum atomic E-state index is 11.7. The number of nitrogens with one attached hydrogen (secondary N) is 2. The van der Waals surface area contributed by atoms with Gasteiger partial charge < -0.3 is 15.7 Å². The summed E-state index contributed by atoms with van der Waals surface area (Å²) >= 11 is 0. The van der Waals surface area contributed by atoms with Crippen LogP contribution < -0.4 is 10.6 Å². The Bertz CT molecular complexity index is 229. The fourth-order valence-corrected chi connectivity index (χ4v) is 2.52. The van der Waals surface area contributed by atoms with Crippen molar-refractivity contribution in [3.63, 3.8) is 0 Å².